The summed E-state index contributed by atoms with van der Waals surface area (Å²) in [4.78, 5) is 0. The second kappa shape index (κ2) is 16.3. The molecule has 6 heavy (non-hydrogen) atoms. The average molecular weight is 450 g/mol. The van der Waals surface area contributed by atoms with Gasteiger partial charge >= 0.3 is 42.1 Å². The maximum absolute atomic E-state index is 4.90. The molecule has 0 saturated heterocycles. The summed E-state index contributed by atoms with van der Waals surface area (Å²) in [5, 5.41) is 0. The van der Waals surface area contributed by atoms with Gasteiger partial charge in [-0.05, 0) is 0 Å². The van der Waals surface area contributed by atoms with Crippen LogP contribution < -0.4 is 11.5 Å². The first-order chi connectivity index (χ1) is 1.91. The predicted molar refractivity (Wildman–Crippen MR) is 18.1 cm³/mol. The minimum atomic E-state index is 0. The molecule has 42 valence electrons. The first-order valence-corrected chi connectivity index (χ1v) is 1.32. The van der Waals surface area contributed by atoms with Crippen LogP contribution in [0.1, 0.15) is 0 Å². The van der Waals surface area contributed by atoms with Gasteiger partial charge in [-0.3, -0.25) is 0 Å². The van der Waals surface area contributed by atoms with Gasteiger partial charge in [-0.1, -0.05) is 0 Å². The molecule has 0 heterocycles. The topological polar surface area (TPSA) is 52.0 Å². The summed E-state index contributed by atoms with van der Waals surface area (Å²) < 4.78 is 0. The van der Waals surface area contributed by atoms with Crippen LogP contribution in [-0.4, -0.2) is 13.1 Å². The number of hydrogen-bond donors (Lipinski definition) is 2. The third-order valence-electron chi connectivity index (χ3n) is 0.167. The van der Waals surface area contributed by atoms with Crippen molar-refractivity contribution in [1.29, 1.82) is 0 Å². The van der Waals surface area contributed by atoms with Gasteiger partial charge in [0.1, 0.15) is 0 Å². The van der Waals surface area contributed by atoms with Crippen molar-refractivity contribution in [1.82, 2.24) is 0 Å². The Labute approximate surface area is 66.6 Å². The SMILES string of the molecule is NCCN.[Pt+2].[Pt+2]. The van der Waals surface area contributed by atoms with Crippen LogP contribution in [0, 0.1) is 0 Å². The Bertz CT molecular complexity index is 11.5. The van der Waals surface area contributed by atoms with Crippen molar-refractivity contribution in [3.05, 3.63) is 0 Å². The predicted octanol–water partition coefficient (Wildman–Crippen LogP) is -1.10. The molecule has 4 N–H and O–H groups in total. The summed E-state index contributed by atoms with van der Waals surface area (Å²) in [5.41, 5.74) is 9.81. The zero-order chi connectivity index (χ0) is 3.41. The van der Waals surface area contributed by atoms with E-state index in [0.29, 0.717) is 13.1 Å². The number of rotatable bonds is 1. The van der Waals surface area contributed by atoms with Crippen LogP contribution >= 0.6 is 0 Å². The van der Waals surface area contributed by atoms with Crippen LogP contribution in [0.4, 0.5) is 0 Å². The van der Waals surface area contributed by atoms with Crippen molar-refractivity contribution in [2.24, 2.45) is 11.5 Å². The van der Waals surface area contributed by atoms with Crippen molar-refractivity contribution in [2.75, 3.05) is 13.1 Å². The zero-order valence-corrected chi connectivity index (χ0v) is 7.75. The average Bonchev–Trinajstić information content (AvgIpc) is 1.37. The summed E-state index contributed by atoms with van der Waals surface area (Å²) in [5.74, 6) is 0. The van der Waals surface area contributed by atoms with Crippen molar-refractivity contribution >= 4 is 0 Å². The van der Waals surface area contributed by atoms with Crippen LogP contribution in [0.25, 0.3) is 0 Å². The van der Waals surface area contributed by atoms with Crippen molar-refractivity contribution in [3.8, 4) is 0 Å². The molecule has 0 atom stereocenters. The molecule has 0 bridgehead atoms. The molecule has 0 spiro atoms. The largest absolute Gasteiger partial charge is 2.00 e. The van der Waals surface area contributed by atoms with Gasteiger partial charge in [-0.2, -0.15) is 0 Å². The van der Waals surface area contributed by atoms with E-state index in [2.05, 4.69) is 0 Å². The molecule has 4 heteroatoms. The first kappa shape index (κ1) is 15.7. The fraction of sp³-hybridized carbons (Fsp3) is 1.00. The molecule has 0 radical (unpaired) electrons. The van der Waals surface area contributed by atoms with Gasteiger partial charge in [0.2, 0.25) is 0 Å². The minimum absolute atomic E-state index is 0. The normalized spacial score (nSPS) is 5.00. The maximum Gasteiger partial charge on any atom is 2.00 e. The van der Waals surface area contributed by atoms with E-state index in [1.54, 1.807) is 0 Å². The Morgan fingerprint density at radius 3 is 1.00 bits per heavy atom. The molecule has 0 unspecified atom stereocenters. The van der Waals surface area contributed by atoms with Gasteiger partial charge in [-0.25, -0.2) is 0 Å². The smallest absolute Gasteiger partial charge is 0.329 e. The fourth-order valence-corrected chi connectivity index (χ4v) is 0. The van der Waals surface area contributed by atoms with E-state index in [1.165, 1.54) is 0 Å². The minimum Gasteiger partial charge on any atom is -0.329 e. The Morgan fingerprint density at radius 1 is 0.833 bits per heavy atom. The number of nitrogens with two attached hydrogens (primary N) is 2. The van der Waals surface area contributed by atoms with Gasteiger partial charge in [0.25, 0.3) is 0 Å². The van der Waals surface area contributed by atoms with Gasteiger partial charge in [0.05, 0.1) is 0 Å². The van der Waals surface area contributed by atoms with Crippen LogP contribution in [-0.2, 0) is 42.1 Å². The Hall–Kier alpha value is 1.30. The summed E-state index contributed by atoms with van der Waals surface area (Å²) in [6.07, 6.45) is 0. The molecule has 0 aromatic heterocycles. The van der Waals surface area contributed by atoms with E-state index in [1.807, 2.05) is 0 Å². The zero-order valence-electron chi connectivity index (χ0n) is 3.20. The molecule has 0 aliphatic heterocycles. The van der Waals surface area contributed by atoms with Gasteiger partial charge < -0.3 is 11.5 Å². The van der Waals surface area contributed by atoms with E-state index in [4.69, 9.17) is 11.5 Å². The van der Waals surface area contributed by atoms with Crippen LogP contribution in [0.15, 0.2) is 0 Å². The van der Waals surface area contributed by atoms with E-state index in [0.717, 1.165) is 0 Å². The molecule has 0 aliphatic carbocycles. The Balaban J connectivity index is -0.0000000450. The van der Waals surface area contributed by atoms with Gasteiger partial charge in [0, 0.05) is 13.1 Å². The van der Waals surface area contributed by atoms with Crippen LogP contribution in [0.2, 0.25) is 0 Å². The van der Waals surface area contributed by atoms with E-state index >= 15 is 0 Å². The Kier molecular flexibility index (Phi) is 42.5. The second-order valence-corrected chi connectivity index (χ2v) is 0.577. The van der Waals surface area contributed by atoms with Crippen molar-refractivity contribution in [2.45, 2.75) is 0 Å². The molecule has 0 aromatic carbocycles. The van der Waals surface area contributed by atoms with E-state index in [-0.39, 0.29) is 42.1 Å². The van der Waals surface area contributed by atoms with Crippen LogP contribution in [0.3, 0.4) is 0 Å². The van der Waals surface area contributed by atoms with Crippen molar-refractivity contribution < 1.29 is 42.1 Å². The Morgan fingerprint density at radius 2 is 1.00 bits per heavy atom. The summed E-state index contributed by atoms with van der Waals surface area (Å²) in [6.45, 7) is 1.19. The molecular formula is C2H8N2Pt2+4. The third-order valence-corrected chi connectivity index (χ3v) is 0.167. The maximum atomic E-state index is 4.90. The van der Waals surface area contributed by atoms with Gasteiger partial charge in [0.15, 0.2) is 0 Å². The molecule has 0 saturated carbocycles. The van der Waals surface area contributed by atoms with E-state index < -0.39 is 0 Å². The van der Waals surface area contributed by atoms with E-state index in [9.17, 15) is 0 Å². The van der Waals surface area contributed by atoms with Crippen molar-refractivity contribution in [3.63, 3.8) is 0 Å². The quantitative estimate of drug-likeness (QED) is 0.533. The second-order valence-electron chi connectivity index (χ2n) is 0.577. The summed E-state index contributed by atoms with van der Waals surface area (Å²) >= 11 is 0. The fourth-order valence-electron chi connectivity index (χ4n) is 0. The summed E-state index contributed by atoms with van der Waals surface area (Å²) in [7, 11) is 0. The third kappa shape index (κ3) is 18.5. The molecular weight excluding hydrogens is 442 g/mol. The molecule has 2 nitrogen and oxygen atoms in total. The standard InChI is InChI=1S/C2H8N2.2Pt/c3-1-2-4;;/h1-4H2;;/q;2*+2. The first-order valence-electron chi connectivity index (χ1n) is 1.32. The van der Waals surface area contributed by atoms with Crippen LogP contribution in [0.5, 0.6) is 0 Å². The molecule has 0 rings (SSSR count). The molecule has 0 aliphatic rings. The number of hydrogen-bond acceptors (Lipinski definition) is 2. The van der Waals surface area contributed by atoms with Gasteiger partial charge in [-0.15, -0.1) is 0 Å². The molecule has 0 aromatic rings. The molecule has 0 fully saturated rings. The monoisotopic (exact) mass is 450 g/mol. The molecule has 0 amide bonds. The summed E-state index contributed by atoms with van der Waals surface area (Å²) in [6, 6.07) is 0.